The van der Waals surface area contributed by atoms with E-state index in [-0.39, 0.29) is 53.7 Å². The Morgan fingerprint density at radius 2 is 1.02 bits per heavy atom. The number of fused-ring (bicyclic) bond motifs is 2. The van der Waals surface area contributed by atoms with Gasteiger partial charge in [-0.2, -0.15) is 9.97 Å². The topological polar surface area (TPSA) is 179 Å². The minimum Gasteiger partial charge on any atom is -0.425 e. The molecule has 0 aliphatic carbocycles. The molecule has 4 heterocycles. The maximum Gasteiger partial charge on any atom is 0.332 e. The van der Waals surface area contributed by atoms with Gasteiger partial charge in [0.15, 0.2) is 22.3 Å². The Labute approximate surface area is 392 Å². The second-order valence-electron chi connectivity index (χ2n) is 13.8. The van der Waals surface area contributed by atoms with Gasteiger partial charge in [-0.15, -0.1) is 23.2 Å². The molecule has 1 N–H and O–H groups in total. The van der Waals surface area contributed by atoms with Crippen LogP contribution in [0.3, 0.4) is 0 Å². The van der Waals surface area contributed by atoms with Crippen LogP contribution in [-0.4, -0.2) is 54.1 Å². The number of rotatable bonds is 10. The lowest BCUT2D eigenvalue weighted by Crippen LogP contribution is -2.37. The number of hydrogen-bond donors (Lipinski definition) is 1. The number of aryl methyl sites for hydroxylation is 2. The third-order valence-corrected chi connectivity index (χ3v) is 10.6. The van der Waals surface area contributed by atoms with Crippen LogP contribution in [0.25, 0.3) is 22.3 Å². The Morgan fingerprint density at radius 3 is 1.44 bits per heavy atom. The fraction of sp³-hybridized carbons (Fsp3) is 0.205. The van der Waals surface area contributed by atoms with Crippen LogP contribution in [0.5, 0.6) is 23.5 Å². The molecule has 0 unspecified atom stereocenters. The van der Waals surface area contributed by atoms with E-state index in [4.69, 9.17) is 32.7 Å². The molecular formula is C44H42Br2Cl2N8O8. The molecule has 0 saturated carbocycles. The zero-order valence-corrected chi connectivity index (χ0v) is 38.7. The van der Waals surface area contributed by atoms with Gasteiger partial charge in [0.2, 0.25) is 0 Å². The van der Waals surface area contributed by atoms with Crippen molar-refractivity contribution in [1.29, 1.82) is 0 Å². The molecule has 4 aromatic carbocycles. The maximum atomic E-state index is 12.9. The third kappa shape index (κ3) is 10.6. The number of benzene rings is 4. The molecule has 0 fully saturated rings. The highest BCUT2D eigenvalue weighted by molar-refractivity contribution is 9.10. The normalized spacial score (nSPS) is 10.7. The highest BCUT2D eigenvalue weighted by Gasteiger charge is 2.23. The molecule has 4 aromatic heterocycles. The lowest BCUT2D eigenvalue weighted by molar-refractivity contribution is 0.112. The summed E-state index contributed by atoms with van der Waals surface area (Å²) < 4.78 is 21.8. The third-order valence-electron chi connectivity index (χ3n) is 9.58. The van der Waals surface area contributed by atoms with Crippen LogP contribution in [0.15, 0.2) is 125 Å². The molecule has 64 heavy (non-hydrogen) atoms. The van der Waals surface area contributed by atoms with Crippen molar-refractivity contribution in [3.05, 3.63) is 170 Å². The number of alkyl halides is 2. The average molecular weight is 1040 g/mol. The van der Waals surface area contributed by atoms with Gasteiger partial charge in [0.1, 0.15) is 17.8 Å². The van der Waals surface area contributed by atoms with Crippen LogP contribution in [0.4, 0.5) is 0 Å². The predicted octanol–water partition coefficient (Wildman–Crippen LogP) is 7.44. The lowest BCUT2D eigenvalue weighted by Gasteiger charge is -2.11. The van der Waals surface area contributed by atoms with Gasteiger partial charge >= 0.3 is 23.4 Å². The van der Waals surface area contributed by atoms with Crippen molar-refractivity contribution in [1.82, 2.24) is 37.4 Å². The zero-order chi connectivity index (χ0) is 45.5. The quantitative estimate of drug-likeness (QED) is 0.107. The SMILES string of the molecule is C.ClCCl.Cn1c(=O)c2c(nc(Oc3cccc(C=O)c3)n2Cc2cccc(Br)c2)n(C)c1=O.Cn1c(=O)c2c(nc(Oc3cccc(CO)c3)n2Cc2cccc(Br)c2)n(C)c1=O. The molecule has 0 saturated heterocycles. The van der Waals surface area contributed by atoms with Crippen LogP contribution in [-0.2, 0) is 47.9 Å². The van der Waals surface area contributed by atoms with E-state index >= 15 is 0 Å². The van der Waals surface area contributed by atoms with E-state index in [1.54, 1.807) is 71.8 Å². The van der Waals surface area contributed by atoms with Gasteiger partial charge in [0, 0.05) is 42.7 Å². The molecule has 0 amide bonds. The van der Waals surface area contributed by atoms with Gasteiger partial charge in [-0.25, -0.2) is 9.59 Å². The number of aldehydes is 1. The minimum absolute atomic E-state index is 0. The van der Waals surface area contributed by atoms with Crippen LogP contribution in [0.2, 0.25) is 0 Å². The van der Waals surface area contributed by atoms with Crippen LogP contribution in [0.1, 0.15) is 34.5 Å². The number of carbonyl (C=O) groups excluding carboxylic acids is 1. The van der Waals surface area contributed by atoms with E-state index in [1.807, 2.05) is 48.5 Å². The second-order valence-corrected chi connectivity index (χ2v) is 16.4. The molecule has 16 nitrogen and oxygen atoms in total. The number of carbonyl (C=O) groups is 1. The molecule has 8 aromatic rings. The zero-order valence-electron chi connectivity index (χ0n) is 34.0. The Bertz CT molecular complexity index is 3230. The Kier molecular flexibility index (Phi) is 16.5. The van der Waals surface area contributed by atoms with Crippen molar-refractivity contribution >= 4 is 83.7 Å². The average Bonchev–Trinajstić information content (AvgIpc) is 3.81. The molecule has 0 spiro atoms. The van der Waals surface area contributed by atoms with Crippen molar-refractivity contribution in [2.45, 2.75) is 27.1 Å². The maximum absolute atomic E-state index is 12.9. The molecule has 0 atom stereocenters. The molecule has 20 heteroatoms. The molecule has 0 bridgehead atoms. The Morgan fingerprint density at radius 1 is 0.609 bits per heavy atom. The number of halogens is 4. The van der Waals surface area contributed by atoms with Crippen LogP contribution >= 0.6 is 55.1 Å². The van der Waals surface area contributed by atoms with Gasteiger partial charge in [0.25, 0.3) is 11.1 Å². The van der Waals surface area contributed by atoms with Gasteiger partial charge in [-0.05, 0) is 65.2 Å². The van der Waals surface area contributed by atoms with Crippen molar-refractivity contribution in [3.8, 4) is 23.5 Å². The summed E-state index contributed by atoms with van der Waals surface area (Å²) >= 11 is 16.4. The van der Waals surface area contributed by atoms with E-state index in [9.17, 15) is 29.1 Å². The monoisotopic (exact) mass is 1040 g/mol. The highest BCUT2D eigenvalue weighted by Crippen LogP contribution is 2.28. The number of hydrogen-bond acceptors (Lipinski definition) is 10. The van der Waals surface area contributed by atoms with E-state index in [0.29, 0.717) is 35.7 Å². The van der Waals surface area contributed by atoms with E-state index in [1.165, 1.54) is 23.2 Å². The summed E-state index contributed by atoms with van der Waals surface area (Å²) in [5, 5.41) is 9.58. The Balaban J connectivity index is 0.000000224. The predicted molar refractivity (Wildman–Crippen MR) is 255 cm³/mol. The van der Waals surface area contributed by atoms with Gasteiger partial charge in [-0.3, -0.25) is 41.8 Å². The summed E-state index contributed by atoms with van der Waals surface area (Å²) in [5.41, 5.74) is 2.10. The van der Waals surface area contributed by atoms with E-state index in [2.05, 4.69) is 41.8 Å². The summed E-state index contributed by atoms with van der Waals surface area (Å²) in [6.45, 7) is 0.491. The lowest BCUT2D eigenvalue weighted by atomic mass is 10.2. The number of aliphatic hydroxyl groups is 1. The summed E-state index contributed by atoms with van der Waals surface area (Å²) in [6, 6.07) is 29.2. The summed E-state index contributed by atoms with van der Waals surface area (Å²) in [7, 11) is 5.98. The highest BCUT2D eigenvalue weighted by atomic mass is 79.9. The van der Waals surface area contributed by atoms with Crippen LogP contribution in [0, 0.1) is 0 Å². The first-order chi connectivity index (χ1) is 30.2. The number of imidazole rings is 2. The molecule has 0 aliphatic heterocycles. The molecule has 0 aliphatic rings. The smallest absolute Gasteiger partial charge is 0.332 e. The molecule has 334 valence electrons. The first kappa shape index (κ1) is 49.0. The van der Waals surface area contributed by atoms with Crippen molar-refractivity contribution in [2.24, 2.45) is 28.2 Å². The van der Waals surface area contributed by atoms with E-state index < -0.39 is 22.5 Å². The van der Waals surface area contributed by atoms with E-state index in [0.717, 1.165) is 35.5 Å². The van der Waals surface area contributed by atoms with Crippen molar-refractivity contribution in [2.75, 3.05) is 5.34 Å². The van der Waals surface area contributed by atoms with Crippen molar-refractivity contribution in [3.63, 3.8) is 0 Å². The van der Waals surface area contributed by atoms with Crippen molar-refractivity contribution < 1.29 is 19.4 Å². The summed E-state index contributed by atoms with van der Waals surface area (Å²) in [6.07, 6.45) is 0.719. The first-order valence-electron chi connectivity index (χ1n) is 18.7. The number of aliphatic hydroxyl groups excluding tert-OH is 1. The summed E-state index contributed by atoms with van der Waals surface area (Å²) in [5.74, 6) is 0.862. The molecular weight excluding hydrogens is 999 g/mol. The fourth-order valence-electron chi connectivity index (χ4n) is 6.51. The van der Waals surface area contributed by atoms with Crippen LogP contribution < -0.4 is 32.0 Å². The molecule has 8 rings (SSSR count). The standard InChI is InChI=1S/C21H19BrN4O4.C21H17BrN4O4.CH2Cl2.CH4/c2*1-24-18-17(19(28)25(2)21(24)29)26(11-13-5-3-7-15(22)9-13)20(23-18)30-16-8-4-6-14(10-16)12-27;2-1-3;/h3-10,27H,11-12H2,1-2H3;3-10,12H,11H2,1-2H3;1H2;1H4. The van der Waals surface area contributed by atoms with Gasteiger partial charge in [0.05, 0.1) is 25.0 Å². The second kappa shape index (κ2) is 21.6. The van der Waals surface area contributed by atoms with Gasteiger partial charge in [-0.1, -0.05) is 87.8 Å². The van der Waals surface area contributed by atoms with Gasteiger partial charge < -0.3 is 14.6 Å². The number of ether oxygens (including phenoxy) is 2. The first-order valence-corrected chi connectivity index (χ1v) is 21.4. The Hall–Kier alpha value is -6.05. The summed E-state index contributed by atoms with van der Waals surface area (Å²) in [4.78, 5) is 70.6. The number of nitrogens with zero attached hydrogens (tertiary/aromatic N) is 8. The number of aromatic nitrogens is 8. The molecule has 0 radical (unpaired) electrons. The minimum atomic E-state index is -0.478. The fourth-order valence-corrected chi connectivity index (χ4v) is 7.40. The largest absolute Gasteiger partial charge is 0.425 e.